The Kier molecular flexibility index (Phi) is 2.99. The van der Waals surface area contributed by atoms with Crippen LogP contribution < -0.4 is 11.0 Å². The molecule has 1 heterocycles. The van der Waals surface area contributed by atoms with Gasteiger partial charge in [0.2, 0.25) is 5.95 Å². The molecule has 0 saturated heterocycles. The van der Waals surface area contributed by atoms with Crippen LogP contribution in [0.3, 0.4) is 0 Å². The molecule has 0 aliphatic rings. The highest BCUT2D eigenvalue weighted by Crippen LogP contribution is 2.11. The first-order chi connectivity index (χ1) is 8.13. The minimum atomic E-state index is -0.148. The lowest BCUT2D eigenvalue weighted by atomic mass is 10.2. The first kappa shape index (κ1) is 11.4. The predicted octanol–water partition coefficient (Wildman–Crippen LogP) is 1.31. The second-order valence-electron chi connectivity index (χ2n) is 3.93. The van der Waals surface area contributed by atoms with Gasteiger partial charge in [0.05, 0.1) is 5.69 Å². The van der Waals surface area contributed by atoms with E-state index in [1.54, 1.807) is 11.6 Å². The van der Waals surface area contributed by atoms with E-state index in [0.29, 0.717) is 5.95 Å². The van der Waals surface area contributed by atoms with Gasteiger partial charge < -0.3 is 5.32 Å². The van der Waals surface area contributed by atoms with E-state index in [1.165, 1.54) is 4.68 Å². The first-order valence-corrected chi connectivity index (χ1v) is 5.60. The molecule has 0 saturated carbocycles. The third-order valence-electron chi connectivity index (χ3n) is 2.55. The summed E-state index contributed by atoms with van der Waals surface area (Å²) >= 11 is 0. The first-order valence-electron chi connectivity index (χ1n) is 5.60. The molecule has 0 bridgehead atoms. The Balaban J connectivity index is 2.57. The maximum Gasteiger partial charge on any atom is 0.351 e. The maximum atomic E-state index is 12.0. The quantitative estimate of drug-likeness (QED) is 0.868. The zero-order valence-corrected chi connectivity index (χ0v) is 10.3. The number of nitrogens with zero attached hydrogens (tertiary/aromatic N) is 3. The number of rotatable bonds is 3. The van der Waals surface area contributed by atoms with Gasteiger partial charge in [0.1, 0.15) is 0 Å². The highest BCUT2D eigenvalue weighted by molar-refractivity contribution is 5.41. The minimum absolute atomic E-state index is 0.148. The van der Waals surface area contributed by atoms with E-state index < -0.39 is 0 Å². The van der Waals surface area contributed by atoms with Crippen molar-refractivity contribution in [3.05, 3.63) is 40.3 Å². The molecule has 0 fully saturated rings. The Morgan fingerprint density at radius 1 is 1.29 bits per heavy atom. The fraction of sp³-hybridized carbons (Fsp3) is 0.333. The molecule has 0 spiro atoms. The van der Waals surface area contributed by atoms with E-state index in [0.717, 1.165) is 17.8 Å². The minimum Gasteiger partial charge on any atom is -0.354 e. The van der Waals surface area contributed by atoms with Crippen molar-refractivity contribution in [3.8, 4) is 5.69 Å². The van der Waals surface area contributed by atoms with Crippen molar-refractivity contribution in [3.63, 3.8) is 0 Å². The fourth-order valence-electron chi connectivity index (χ4n) is 1.66. The monoisotopic (exact) mass is 232 g/mol. The molecule has 1 N–H and O–H groups in total. The molecule has 0 unspecified atom stereocenters. The van der Waals surface area contributed by atoms with Crippen molar-refractivity contribution in [2.75, 3.05) is 11.9 Å². The summed E-state index contributed by atoms with van der Waals surface area (Å²) in [6, 6.07) is 7.79. The smallest absolute Gasteiger partial charge is 0.351 e. The van der Waals surface area contributed by atoms with E-state index in [2.05, 4.69) is 10.4 Å². The summed E-state index contributed by atoms with van der Waals surface area (Å²) < 4.78 is 2.90. The summed E-state index contributed by atoms with van der Waals surface area (Å²) in [6.45, 7) is 4.71. The normalized spacial score (nSPS) is 10.5. The van der Waals surface area contributed by atoms with Gasteiger partial charge >= 0.3 is 5.69 Å². The van der Waals surface area contributed by atoms with Crippen molar-refractivity contribution in [2.45, 2.75) is 13.8 Å². The number of hydrogen-bond donors (Lipinski definition) is 1. The number of nitrogens with one attached hydrogen (secondary N) is 1. The van der Waals surface area contributed by atoms with Crippen molar-refractivity contribution < 1.29 is 0 Å². The maximum absolute atomic E-state index is 12.0. The highest BCUT2D eigenvalue weighted by Gasteiger charge is 2.11. The van der Waals surface area contributed by atoms with Crippen LogP contribution in [0.2, 0.25) is 0 Å². The lowest BCUT2D eigenvalue weighted by Gasteiger charge is -2.06. The molecule has 0 radical (unpaired) electrons. The molecule has 0 amide bonds. The third-order valence-corrected chi connectivity index (χ3v) is 2.55. The predicted molar refractivity (Wildman–Crippen MR) is 67.7 cm³/mol. The van der Waals surface area contributed by atoms with Crippen LogP contribution >= 0.6 is 0 Å². The summed E-state index contributed by atoms with van der Waals surface area (Å²) in [5.41, 5.74) is 1.84. The van der Waals surface area contributed by atoms with Gasteiger partial charge in [0, 0.05) is 13.6 Å². The van der Waals surface area contributed by atoms with Crippen molar-refractivity contribution >= 4 is 5.95 Å². The molecule has 5 nitrogen and oxygen atoms in total. The second-order valence-corrected chi connectivity index (χ2v) is 3.93. The summed E-state index contributed by atoms with van der Waals surface area (Å²) in [5.74, 6) is 0.573. The summed E-state index contributed by atoms with van der Waals surface area (Å²) in [5, 5.41) is 7.24. The number of aromatic nitrogens is 3. The molecule has 90 valence electrons. The van der Waals surface area contributed by atoms with Crippen LogP contribution in [0.15, 0.2) is 29.1 Å². The van der Waals surface area contributed by atoms with Crippen LogP contribution in [0.1, 0.15) is 12.5 Å². The molecule has 1 aromatic carbocycles. The average Bonchev–Trinajstić information content (AvgIpc) is 2.57. The topological polar surface area (TPSA) is 51.9 Å². The zero-order chi connectivity index (χ0) is 12.4. The average molecular weight is 232 g/mol. The standard InChI is InChI=1S/C12H16N4O/c1-4-13-11-14-15(3)12(17)16(11)10-7-5-9(2)6-8-10/h5-8H,4H2,1-3H3,(H,13,14). The van der Waals surface area contributed by atoms with Gasteiger partial charge in [-0.3, -0.25) is 0 Å². The lowest BCUT2D eigenvalue weighted by Crippen LogP contribution is -2.22. The third kappa shape index (κ3) is 2.08. The van der Waals surface area contributed by atoms with Crippen LogP contribution in [0.25, 0.3) is 5.69 Å². The molecule has 0 atom stereocenters. The second kappa shape index (κ2) is 4.45. The molecule has 2 aromatic rings. The van der Waals surface area contributed by atoms with Crippen LogP contribution in [0, 0.1) is 6.92 Å². The van der Waals surface area contributed by atoms with Gasteiger partial charge in [0.15, 0.2) is 0 Å². The molecular weight excluding hydrogens is 216 g/mol. The van der Waals surface area contributed by atoms with E-state index >= 15 is 0 Å². The number of anilines is 1. The molecule has 0 aliphatic carbocycles. The van der Waals surface area contributed by atoms with Crippen LogP contribution in [-0.2, 0) is 7.05 Å². The summed E-state index contributed by atoms with van der Waals surface area (Å²) in [6.07, 6.45) is 0. The molecule has 17 heavy (non-hydrogen) atoms. The lowest BCUT2D eigenvalue weighted by molar-refractivity contribution is 0.726. The van der Waals surface area contributed by atoms with Crippen LogP contribution in [0.4, 0.5) is 5.95 Å². The summed E-state index contributed by atoms with van der Waals surface area (Å²) in [4.78, 5) is 12.0. The molecule has 2 rings (SSSR count). The Bertz CT molecular complexity index is 565. The molecular formula is C12H16N4O. The number of hydrogen-bond acceptors (Lipinski definition) is 3. The van der Waals surface area contributed by atoms with Crippen molar-refractivity contribution in [1.29, 1.82) is 0 Å². The van der Waals surface area contributed by atoms with Gasteiger partial charge in [-0.1, -0.05) is 17.7 Å². The van der Waals surface area contributed by atoms with Gasteiger partial charge in [-0.25, -0.2) is 14.0 Å². The number of benzene rings is 1. The van der Waals surface area contributed by atoms with E-state index in [1.807, 2.05) is 38.1 Å². The van der Waals surface area contributed by atoms with Gasteiger partial charge in [0.25, 0.3) is 0 Å². The van der Waals surface area contributed by atoms with E-state index in [-0.39, 0.29) is 5.69 Å². The van der Waals surface area contributed by atoms with E-state index in [9.17, 15) is 4.79 Å². The van der Waals surface area contributed by atoms with Crippen molar-refractivity contribution in [2.24, 2.45) is 7.05 Å². The van der Waals surface area contributed by atoms with Crippen molar-refractivity contribution in [1.82, 2.24) is 14.3 Å². The molecule has 5 heteroatoms. The SMILES string of the molecule is CCNc1nn(C)c(=O)n1-c1ccc(C)cc1. The Labute approximate surface area is 99.7 Å². The fourth-order valence-corrected chi connectivity index (χ4v) is 1.66. The molecule has 0 aliphatic heterocycles. The largest absolute Gasteiger partial charge is 0.354 e. The Morgan fingerprint density at radius 2 is 1.94 bits per heavy atom. The van der Waals surface area contributed by atoms with Crippen LogP contribution in [0.5, 0.6) is 0 Å². The Hall–Kier alpha value is -2.04. The number of aryl methyl sites for hydroxylation is 2. The van der Waals surface area contributed by atoms with Gasteiger partial charge in [-0.15, -0.1) is 5.10 Å². The molecule has 1 aromatic heterocycles. The van der Waals surface area contributed by atoms with Crippen LogP contribution in [-0.4, -0.2) is 20.9 Å². The Morgan fingerprint density at radius 3 is 2.53 bits per heavy atom. The highest BCUT2D eigenvalue weighted by atomic mass is 16.2. The van der Waals surface area contributed by atoms with Gasteiger partial charge in [-0.2, -0.15) is 0 Å². The zero-order valence-electron chi connectivity index (χ0n) is 10.3. The van der Waals surface area contributed by atoms with Gasteiger partial charge in [-0.05, 0) is 26.0 Å². The van der Waals surface area contributed by atoms with E-state index in [4.69, 9.17) is 0 Å². The summed E-state index contributed by atoms with van der Waals surface area (Å²) in [7, 11) is 1.65.